The van der Waals surface area contributed by atoms with Crippen LogP contribution in [0.25, 0.3) is 0 Å². The van der Waals surface area contributed by atoms with E-state index in [0.29, 0.717) is 4.57 Å². The van der Waals surface area contributed by atoms with Crippen molar-refractivity contribution in [3.8, 4) is 0 Å². The molecular formula is C17H24IN3O17P2-2. The topological polar surface area (TPSA) is 312 Å². The summed E-state index contributed by atoms with van der Waals surface area (Å²) in [6, 6.07) is 0.912. The lowest BCUT2D eigenvalue weighted by molar-refractivity contribution is -0.301. The zero-order chi connectivity index (χ0) is 30.0. The van der Waals surface area contributed by atoms with Crippen LogP contribution in [-0.4, -0.2) is 108 Å². The number of halogens is 1. The SMILES string of the molecule is O=C(CI)NCC1OC(OP(=O)([O-])OP(=O)([O-])OCC2OC(n3ccc(=O)[nH]c3=O)C(O)C2O)C(O)C(O)C1O. The van der Waals surface area contributed by atoms with Crippen LogP contribution in [0.1, 0.15) is 6.23 Å². The summed E-state index contributed by atoms with van der Waals surface area (Å²) in [5.41, 5.74) is -1.79. The van der Waals surface area contributed by atoms with Crippen LogP contribution in [0.5, 0.6) is 0 Å². The first kappa shape index (κ1) is 33.4. The first-order valence-corrected chi connectivity index (χ1v) is 15.5. The number of carbonyl (C=O) groups is 1. The van der Waals surface area contributed by atoms with E-state index in [1.54, 1.807) is 22.6 Å². The quantitative estimate of drug-likeness (QED) is 0.0634. The average Bonchev–Trinajstić information content (AvgIpc) is 3.14. The van der Waals surface area contributed by atoms with Gasteiger partial charge in [0.15, 0.2) is 12.5 Å². The molecule has 11 atom stereocenters. The molecule has 2 aliphatic rings. The summed E-state index contributed by atoms with van der Waals surface area (Å²) in [7, 11) is -11.8. The highest BCUT2D eigenvalue weighted by molar-refractivity contribution is 14.1. The Labute approximate surface area is 236 Å². The largest absolute Gasteiger partial charge is 0.756 e. The molecule has 1 amide bonds. The van der Waals surface area contributed by atoms with Crippen molar-refractivity contribution in [3.05, 3.63) is 33.1 Å². The van der Waals surface area contributed by atoms with E-state index in [2.05, 4.69) is 18.7 Å². The molecule has 2 fully saturated rings. The van der Waals surface area contributed by atoms with Gasteiger partial charge in [0, 0.05) is 18.8 Å². The molecule has 0 aromatic carbocycles. The summed E-state index contributed by atoms with van der Waals surface area (Å²) in [5, 5.41) is 52.6. The Hall–Kier alpha value is -1.14. The highest BCUT2D eigenvalue weighted by Gasteiger charge is 2.47. The third-order valence-electron chi connectivity index (χ3n) is 5.58. The van der Waals surface area contributed by atoms with Crippen LogP contribution in [0, 0.1) is 0 Å². The second-order valence-electron chi connectivity index (χ2n) is 8.39. The zero-order valence-corrected chi connectivity index (χ0v) is 23.8. The number of aromatic amines is 1. The molecule has 1 aromatic rings. The molecule has 0 aliphatic carbocycles. The number of amides is 1. The van der Waals surface area contributed by atoms with Crippen molar-refractivity contribution in [2.75, 3.05) is 17.6 Å². The van der Waals surface area contributed by atoms with Crippen molar-refractivity contribution in [2.24, 2.45) is 0 Å². The lowest BCUT2D eigenvalue weighted by Gasteiger charge is -2.42. The number of alkyl halides is 1. The van der Waals surface area contributed by atoms with E-state index in [9.17, 15) is 58.8 Å². The van der Waals surface area contributed by atoms with E-state index in [1.165, 1.54) is 0 Å². The van der Waals surface area contributed by atoms with Crippen molar-refractivity contribution in [1.29, 1.82) is 0 Å². The Morgan fingerprint density at radius 1 is 1.02 bits per heavy atom. The maximum atomic E-state index is 12.2. The zero-order valence-electron chi connectivity index (χ0n) is 19.8. The molecule has 20 nitrogen and oxygen atoms in total. The van der Waals surface area contributed by atoms with Crippen molar-refractivity contribution >= 4 is 44.1 Å². The van der Waals surface area contributed by atoms with Gasteiger partial charge in [0.1, 0.15) is 42.7 Å². The minimum atomic E-state index is -5.95. The summed E-state index contributed by atoms with van der Waals surface area (Å²) in [6.45, 7) is -1.57. The van der Waals surface area contributed by atoms with E-state index in [4.69, 9.17) is 9.47 Å². The summed E-state index contributed by atoms with van der Waals surface area (Å²) in [6.07, 6.45) is -15.7. The molecule has 3 heterocycles. The van der Waals surface area contributed by atoms with E-state index in [0.717, 1.165) is 12.3 Å². The minimum Gasteiger partial charge on any atom is -0.756 e. The molecule has 7 N–H and O–H groups in total. The Morgan fingerprint density at radius 3 is 2.30 bits per heavy atom. The smallest absolute Gasteiger partial charge is 0.330 e. The Morgan fingerprint density at radius 2 is 1.68 bits per heavy atom. The second kappa shape index (κ2) is 13.4. The predicted octanol–water partition coefficient (Wildman–Crippen LogP) is -5.50. The Kier molecular flexibility index (Phi) is 11.2. The number of aliphatic hydroxyl groups is 5. The van der Waals surface area contributed by atoms with Gasteiger partial charge in [0.05, 0.1) is 11.0 Å². The van der Waals surface area contributed by atoms with Crippen LogP contribution in [0.15, 0.2) is 21.9 Å². The fraction of sp³-hybridized carbons (Fsp3) is 0.706. The number of phosphoric ester groups is 2. The van der Waals surface area contributed by atoms with Crippen molar-refractivity contribution in [3.63, 3.8) is 0 Å². The van der Waals surface area contributed by atoms with Gasteiger partial charge in [-0.3, -0.25) is 32.8 Å². The molecule has 2 aliphatic heterocycles. The van der Waals surface area contributed by atoms with Crippen molar-refractivity contribution in [2.45, 2.75) is 55.2 Å². The molecule has 0 bridgehead atoms. The highest BCUT2D eigenvalue weighted by Crippen LogP contribution is 2.57. The maximum Gasteiger partial charge on any atom is 0.330 e. The van der Waals surface area contributed by atoms with Gasteiger partial charge in [-0.2, -0.15) is 0 Å². The van der Waals surface area contributed by atoms with E-state index in [1.807, 2.05) is 4.98 Å². The number of H-pyrrole nitrogens is 1. The number of nitrogens with one attached hydrogen (secondary N) is 2. The summed E-state index contributed by atoms with van der Waals surface area (Å²) in [5.74, 6) is -0.502. The third-order valence-corrected chi connectivity index (χ3v) is 8.81. The first-order chi connectivity index (χ1) is 18.5. The lowest BCUT2D eigenvalue weighted by atomic mass is 9.99. The molecule has 2 saturated heterocycles. The number of hydrogen-bond donors (Lipinski definition) is 7. The summed E-state index contributed by atoms with van der Waals surface area (Å²) < 4.78 is 48.1. The molecule has 3 rings (SSSR count). The van der Waals surface area contributed by atoms with Crippen LogP contribution in [0.3, 0.4) is 0 Å². The maximum absolute atomic E-state index is 12.2. The van der Waals surface area contributed by atoms with Gasteiger partial charge in [0.2, 0.25) is 5.91 Å². The molecule has 228 valence electrons. The fourth-order valence-corrected chi connectivity index (χ4v) is 5.97. The van der Waals surface area contributed by atoms with Gasteiger partial charge >= 0.3 is 5.69 Å². The first-order valence-electron chi connectivity index (χ1n) is 11.1. The summed E-state index contributed by atoms with van der Waals surface area (Å²) in [4.78, 5) is 60.8. The van der Waals surface area contributed by atoms with Crippen LogP contribution in [-0.2, 0) is 36.8 Å². The fourth-order valence-electron chi connectivity index (χ4n) is 3.62. The van der Waals surface area contributed by atoms with Gasteiger partial charge in [-0.25, -0.2) is 9.11 Å². The number of aromatic nitrogens is 2. The summed E-state index contributed by atoms with van der Waals surface area (Å²) >= 11 is 1.73. The number of carbonyl (C=O) groups excluding carboxylic acids is 1. The molecule has 11 unspecified atom stereocenters. The van der Waals surface area contributed by atoms with Crippen molar-refractivity contribution < 1.29 is 72.1 Å². The number of phosphoric acid groups is 2. The highest BCUT2D eigenvalue weighted by atomic mass is 127. The van der Waals surface area contributed by atoms with Crippen LogP contribution in [0.4, 0.5) is 0 Å². The van der Waals surface area contributed by atoms with Gasteiger partial charge < -0.3 is 54.6 Å². The number of ether oxygens (including phenoxy) is 2. The molecule has 0 spiro atoms. The van der Waals surface area contributed by atoms with Gasteiger partial charge in [-0.05, 0) is 0 Å². The van der Waals surface area contributed by atoms with E-state index >= 15 is 0 Å². The monoisotopic (exact) mass is 731 g/mol. The van der Waals surface area contributed by atoms with E-state index in [-0.39, 0.29) is 4.43 Å². The Bertz CT molecular complexity index is 1260. The van der Waals surface area contributed by atoms with Gasteiger partial charge in [-0.1, -0.05) is 22.6 Å². The van der Waals surface area contributed by atoms with Crippen LogP contribution in [0.2, 0.25) is 0 Å². The van der Waals surface area contributed by atoms with Gasteiger partial charge in [-0.15, -0.1) is 0 Å². The average molecular weight is 731 g/mol. The number of aliphatic hydroxyl groups excluding tert-OH is 5. The van der Waals surface area contributed by atoms with Crippen LogP contribution < -0.4 is 26.4 Å². The van der Waals surface area contributed by atoms with Crippen LogP contribution >= 0.6 is 38.2 Å². The standard InChI is InChI=1S/C17H26IN3O17P2/c18-3-9(23)19-4-6-10(24)12(26)14(28)16(36-6)37-40(32,33)38-39(30,31)34-5-7-11(25)13(27)15(35-7)21-2-1-8(22)20-17(21)29/h1-2,6-7,10-16,24-28H,3-5H2,(H,19,23)(H,30,31)(H,32,33)(H,20,22,29)/p-2. The minimum absolute atomic E-state index is 0.0161. The Balaban J connectivity index is 1.60. The number of rotatable bonds is 11. The second-order valence-corrected chi connectivity index (χ2v) is 12.1. The number of hydrogen-bond acceptors (Lipinski definition) is 17. The molecule has 0 saturated carbocycles. The molecule has 40 heavy (non-hydrogen) atoms. The normalized spacial score (nSPS) is 35.5. The van der Waals surface area contributed by atoms with Crippen molar-refractivity contribution in [1.82, 2.24) is 14.9 Å². The van der Waals surface area contributed by atoms with Gasteiger partial charge in [0.25, 0.3) is 21.2 Å². The molecule has 23 heteroatoms. The molecular weight excluding hydrogens is 707 g/mol. The molecule has 1 aromatic heterocycles. The third kappa shape index (κ3) is 8.24. The lowest BCUT2D eigenvalue weighted by Crippen LogP contribution is -2.60. The molecule has 0 radical (unpaired) electrons. The van der Waals surface area contributed by atoms with E-state index < -0.39 is 101 Å². The number of nitrogens with zero attached hydrogens (tertiary/aromatic N) is 1. The predicted molar refractivity (Wildman–Crippen MR) is 129 cm³/mol.